The third-order valence-corrected chi connectivity index (χ3v) is 10.2. The molecule has 0 amide bonds. The molecule has 0 radical (unpaired) electrons. The van der Waals surface area contributed by atoms with Crippen LogP contribution in [0.4, 0.5) is 13.2 Å². The van der Waals surface area contributed by atoms with Gasteiger partial charge in [0.2, 0.25) is 0 Å². The molecule has 0 heterocycles. The first-order chi connectivity index (χ1) is 14.4. The van der Waals surface area contributed by atoms with Crippen LogP contribution in [0.15, 0.2) is 11.6 Å². The maximum Gasteiger partial charge on any atom is 0.414 e. The van der Waals surface area contributed by atoms with Gasteiger partial charge in [-0.3, -0.25) is 0 Å². The average Bonchev–Trinajstić information content (AvgIpc) is 3.04. The summed E-state index contributed by atoms with van der Waals surface area (Å²) in [5, 5.41) is 20.9. The summed E-state index contributed by atoms with van der Waals surface area (Å²) in [6.07, 6.45) is 2.55. The van der Waals surface area contributed by atoms with Crippen LogP contribution in [0.3, 0.4) is 0 Å². The highest BCUT2D eigenvalue weighted by molar-refractivity contribution is 5.27. The summed E-state index contributed by atoms with van der Waals surface area (Å²) in [6.45, 7) is 6.51. The molecule has 2 N–H and O–H groups in total. The molecule has 0 spiro atoms. The van der Waals surface area contributed by atoms with Crippen LogP contribution in [-0.4, -0.2) is 41.8 Å². The van der Waals surface area contributed by atoms with Gasteiger partial charge >= 0.3 is 6.18 Å². The first-order valence-electron chi connectivity index (χ1n) is 12.0. The molecule has 9 atom stereocenters. The van der Waals surface area contributed by atoms with Gasteiger partial charge in [-0.15, -0.1) is 0 Å². The number of methoxy groups -OCH3 is 1. The molecule has 0 aliphatic heterocycles. The smallest absolute Gasteiger partial charge is 0.387 e. The number of ether oxygens (including phenoxy) is 1. The molecule has 0 aromatic carbocycles. The van der Waals surface area contributed by atoms with Crippen LogP contribution >= 0.6 is 0 Å². The Morgan fingerprint density at radius 3 is 2.48 bits per heavy atom. The maximum absolute atomic E-state index is 13.2. The highest BCUT2D eigenvalue weighted by Crippen LogP contribution is 2.68. The van der Waals surface area contributed by atoms with E-state index in [2.05, 4.69) is 19.9 Å². The van der Waals surface area contributed by atoms with E-state index in [1.807, 2.05) is 0 Å². The summed E-state index contributed by atoms with van der Waals surface area (Å²) in [5.41, 5.74) is 0.510. The van der Waals surface area contributed by atoms with Gasteiger partial charge < -0.3 is 14.9 Å². The van der Waals surface area contributed by atoms with Crippen molar-refractivity contribution in [2.24, 2.45) is 40.4 Å². The Bertz CT molecular complexity index is 721. The van der Waals surface area contributed by atoms with Crippen LogP contribution in [0, 0.1) is 40.4 Å². The summed E-state index contributed by atoms with van der Waals surface area (Å²) in [5.74, 6) is 0.566. The Labute approximate surface area is 184 Å². The second-order valence-corrected chi connectivity index (χ2v) is 11.7. The number of hydrogen-bond donors (Lipinski definition) is 2. The number of allylic oxidation sites excluding steroid dienone is 1. The molecule has 178 valence electrons. The van der Waals surface area contributed by atoms with E-state index in [4.69, 9.17) is 4.74 Å². The predicted octanol–water partition coefficient (Wildman–Crippen LogP) is 5.50. The fourth-order valence-corrected chi connectivity index (χ4v) is 8.53. The molecule has 4 rings (SSSR count). The largest absolute Gasteiger partial charge is 0.414 e. The van der Waals surface area contributed by atoms with E-state index in [-0.39, 0.29) is 16.7 Å². The van der Waals surface area contributed by atoms with Crippen molar-refractivity contribution in [2.75, 3.05) is 13.7 Å². The molecule has 3 nitrogen and oxygen atoms in total. The number of aliphatic hydroxyl groups is 2. The first kappa shape index (κ1) is 23.6. The van der Waals surface area contributed by atoms with E-state index in [9.17, 15) is 23.4 Å². The number of halogens is 3. The Balaban J connectivity index is 1.57. The zero-order valence-electron chi connectivity index (χ0n) is 19.3. The van der Waals surface area contributed by atoms with Crippen molar-refractivity contribution in [1.29, 1.82) is 0 Å². The minimum absolute atomic E-state index is 0.0689. The normalized spacial score (nSPS) is 47.1. The molecule has 1 unspecified atom stereocenters. The van der Waals surface area contributed by atoms with Crippen LogP contribution in [-0.2, 0) is 4.74 Å². The van der Waals surface area contributed by atoms with Crippen molar-refractivity contribution in [3.63, 3.8) is 0 Å². The van der Waals surface area contributed by atoms with Gasteiger partial charge in [0.05, 0.1) is 12.2 Å². The van der Waals surface area contributed by atoms with E-state index in [0.29, 0.717) is 30.8 Å². The highest BCUT2D eigenvalue weighted by atomic mass is 19.4. The molecule has 31 heavy (non-hydrogen) atoms. The molecule has 0 saturated heterocycles. The molecule has 0 aromatic heterocycles. The summed E-state index contributed by atoms with van der Waals surface area (Å²) >= 11 is 0. The van der Waals surface area contributed by atoms with E-state index < -0.39 is 23.8 Å². The molecule has 0 aromatic rings. The zero-order chi connectivity index (χ0) is 22.8. The molecule has 0 bridgehead atoms. The quantitative estimate of drug-likeness (QED) is 0.563. The van der Waals surface area contributed by atoms with Gasteiger partial charge in [0.15, 0.2) is 6.10 Å². The maximum atomic E-state index is 13.2. The molecule has 3 fully saturated rings. The van der Waals surface area contributed by atoms with Gasteiger partial charge in [0, 0.05) is 7.11 Å². The average molecular weight is 445 g/mol. The minimum atomic E-state index is -4.55. The molecule has 4 aliphatic carbocycles. The lowest BCUT2D eigenvalue weighted by Crippen LogP contribution is -2.53. The zero-order valence-corrected chi connectivity index (χ0v) is 19.3. The minimum Gasteiger partial charge on any atom is -0.387 e. The van der Waals surface area contributed by atoms with Crippen molar-refractivity contribution in [3.05, 3.63) is 11.6 Å². The first-order valence-corrected chi connectivity index (χ1v) is 12.0. The number of hydrogen-bond acceptors (Lipinski definition) is 3. The van der Waals surface area contributed by atoms with Crippen molar-refractivity contribution < 1.29 is 28.1 Å². The Morgan fingerprint density at radius 1 is 1.13 bits per heavy atom. The van der Waals surface area contributed by atoms with Gasteiger partial charge in [0.25, 0.3) is 0 Å². The second kappa shape index (κ2) is 7.73. The van der Waals surface area contributed by atoms with E-state index in [1.54, 1.807) is 14.0 Å². The molecular weight excluding hydrogens is 405 g/mol. The van der Waals surface area contributed by atoms with Crippen LogP contribution in [0.5, 0.6) is 0 Å². The molecule has 6 heteroatoms. The van der Waals surface area contributed by atoms with Crippen LogP contribution in [0.1, 0.15) is 72.1 Å². The molecule has 3 saturated carbocycles. The second-order valence-electron chi connectivity index (χ2n) is 11.7. The third kappa shape index (κ3) is 3.69. The van der Waals surface area contributed by atoms with Gasteiger partial charge in [-0.25, -0.2) is 0 Å². The summed E-state index contributed by atoms with van der Waals surface area (Å²) in [4.78, 5) is 0. The standard InChI is InChI=1S/C25H39F3O3/c1-15(21(29)25(26,27)28)18-7-8-19-17-6-5-16-13-24(30,14-31-4)12-11-22(16,2)20(17)9-10-23(18,19)3/h5,15,17-21,29-30H,6-14H2,1-4H3/t15-,17-,18+,19-,20-,21?,22-,23+,24-/m0/s1. The van der Waals surface area contributed by atoms with Gasteiger partial charge in [-0.05, 0) is 91.8 Å². The molecular formula is C25H39F3O3. The fourth-order valence-electron chi connectivity index (χ4n) is 8.53. The van der Waals surface area contributed by atoms with Crippen molar-refractivity contribution in [1.82, 2.24) is 0 Å². The summed E-state index contributed by atoms with van der Waals surface area (Å²) in [6, 6.07) is 0. The Morgan fingerprint density at radius 2 is 1.84 bits per heavy atom. The van der Waals surface area contributed by atoms with Crippen molar-refractivity contribution in [3.8, 4) is 0 Å². The van der Waals surface area contributed by atoms with Gasteiger partial charge in [-0.2, -0.15) is 13.2 Å². The van der Waals surface area contributed by atoms with Gasteiger partial charge in [0.1, 0.15) is 0 Å². The van der Waals surface area contributed by atoms with E-state index in [1.165, 1.54) is 5.57 Å². The van der Waals surface area contributed by atoms with E-state index >= 15 is 0 Å². The number of fused-ring (bicyclic) bond motifs is 5. The van der Waals surface area contributed by atoms with Crippen molar-refractivity contribution in [2.45, 2.75) is 90.0 Å². The van der Waals surface area contributed by atoms with E-state index in [0.717, 1.165) is 44.9 Å². The number of alkyl halides is 3. The summed E-state index contributed by atoms with van der Waals surface area (Å²) in [7, 11) is 1.63. The molecule has 4 aliphatic rings. The number of aliphatic hydroxyl groups excluding tert-OH is 1. The van der Waals surface area contributed by atoms with Crippen LogP contribution in [0.2, 0.25) is 0 Å². The highest BCUT2D eigenvalue weighted by Gasteiger charge is 2.61. The monoisotopic (exact) mass is 444 g/mol. The lowest BCUT2D eigenvalue weighted by atomic mass is 9.46. The fraction of sp³-hybridized carbons (Fsp3) is 0.920. The summed E-state index contributed by atoms with van der Waals surface area (Å²) < 4.78 is 45.0. The van der Waals surface area contributed by atoms with Gasteiger partial charge in [-0.1, -0.05) is 32.4 Å². The lowest BCUT2D eigenvalue weighted by molar-refractivity contribution is -0.227. The lowest BCUT2D eigenvalue weighted by Gasteiger charge is -2.59. The number of rotatable bonds is 4. The SMILES string of the molecule is COC[C@]1(O)CC[C@@]2(C)C(=CC[C@H]3[C@@H]4CC[C@H]([C@H](C)C(O)C(F)(F)F)[C@@]4(C)CC[C@@H]32)C1. The topological polar surface area (TPSA) is 49.7 Å². The third-order valence-electron chi connectivity index (χ3n) is 10.2. The predicted molar refractivity (Wildman–Crippen MR) is 113 cm³/mol. The Kier molecular flexibility index (Phi) is 5.88. The van der Waals surface area contributed by atoms with Crippen molar-refractivity contribution >= 4 is 0 Å². The Hall–Kier alpha value is -0.590. The van der Waals surface area contributed by atoms with Crippen LogP contribution in [0.25, 0.3) is 0 Å². The van der Waals surface area contributed by atoms with Crippen LogP contribution < -0.4 is 0 Å².